The third kappa shape index (κ3) is 3.44. The molecule has 0 aliphatic carbocycles. The average Bonchev–Trinajstić information content (AvgIpc) is 3.14. The van der Waals surface area contributed by atoms with Crippen LogP contribution in [0.3, 0.4) is 0 Å². The Morgan fingerprint density at radius 1 is 0.897 bits per heavy atom. The van der Waals surface area contributed by atoms with E-state index in [2.05, 4.69) is 45.0 Å². The number of cyclic esters (lactones) is 1. The van der Waals surface area contributed by atoms with Crippen LogP contribution in [-0.4, -0.2) is 38.6 Å². The molecule has 2 saturated heterocycles. The summed E-state index contributed by atoms with van der Waals surface area (Å²) in [5.74, 6) is -1.27. The molecule has 2 aromatic carbocycles. The first-order valence-electron chi connectivity index (χ1n) is 9.99. The van der Waals surface area contributed by atoms with Gasteiger partial charge in [0.25, 0.3) is 8.32 Å². The lowest BCUT2D eigenvalue weighted by Crippen LogP contribution is -2.68. The largest absolute Gasteiger partial charge is 0.432 e. The Hall–Kier alpha value is -1.99. The van der Waals surface area contributed by atoms with E-state index < -0.39 is 38.6 Å². The van der Waals surface area contributed by atoms with Crippen molar-refractivity contribution in [1.29, 1.82) is 0 Å². The first kappa shape index (κ1) is 20.3. The van der Waals surface area contributed by atoms with Crippen molar-refractivity contribution in [2.45, 2.75) is 63.9 Å². The molecule has 4 rings (SSSR count). The number of hydrogen-bond donors (Lipinski definition) is 0. The Bertz CT molecular complexity index is 836. The third-order valence-electron chi connectivity index (χ3n) is 5.57. The van der Waals surface area contributed by atoms with Crippen molar-refractivity contribution in [2.24, 2.45) is 0 Å². The molecular weight excluding hydrogens is 384 g/mol. The number of hydrogen-bond acceptors (Lipinski definition) is 5. The Kier molecular flexibility index (Phi) is 4.94. The molecule has 0 amide bonds. The number of carbonyl (C=O) groups is 1. The summed E-state index contributed by atoms with van der Waals surface area (Å²) in [5.41, 5.74) is 0. The first-order valence-corrected chi connectivity index (χ1v) is 11.9. The average molecular weight is 413 g/mol. The molecule has 5 nitrogen and oxygen atoms in total. The van der Waals surface area contributed by atoms with Gasteiger partial charge in [-0.05, 0) is 29.3 Å². The van der Waals surface area contributed by atoms with Gasteiger partial charge in [-0.25, -0.2) is 4.79 Å². The van der Waals surface area contributed by atoms with Crippen LogP contribution in [0.5, 0.6) is 0 Å². The number of benzene rings is 2. The molecule has 2 heterocycles. The highest BCUT2D eigenvalue weighted by Gasteiger charge is 2.61. The van der Waals surface area contributed by atoms with Crippen molar-refractivity contribution in [2.75, 3.05) is 0 Å². The van der Waals surface area contributed by atoms with Gasteiger partial charge in [-0.2, -0.15) is 0 Å². The maximum atomic E-state index is 12.5. The third-order valence-corrected chi connectivity index (χ3v) is 10.6. The molecule has 2 aliphatic heterocycles. The molecule has 0 bridgehead atoms. The minimum atomic E-state index is -2.86. The highest BCUT2D eigenvalue weighted by Crippen LogP contribution is 2.42. The minimum Gasteiger partial charge on any atom is -0.432 e. The zero-order valence-electron chi connectivity index (χ0n) is 17.5. The SMILES string of the molecule is CC1(C)O[C@@H]2[C@@H](O[Si](c3ccccc3)(c3ccccc3)C(C)(C)C)OC(=O)[C@H]2O1. The van der Waals surface area contributed by atoms with E-state index in [1.54, 1.807) is 13.8 Å². The summed E-state index contributed by atoms with van der Waals surface area (Å²) in [6.07, 6.45) is -2.16. The molecule has 2 fully saturated rings. The number of carbonyl (C=O) groups excluding carboxylic acids is 1. The summed E-state index contributed by atoms with van der Waals surface area (Å²) >= 11 is 0. The molecule has 0 N–H and O–H groups in total. The Balaban J connectivity index is 1.83. The van der Waals surface area contributed by atoms with Crippen LogP contribution in [0.25, 0.3) is 0 Å². The van der Waals surface area contributed by atoms with Crippen molar-refractivity contribution >= 4 is 24.7 Å². The summed E-state index contributed by atoms with van der Waals surface area (Å²) in [4.78, 5) is 12.5. The molecule has 29 heavy (non-hydrogen) atoms. The highest BCUT2D eigenvalue weighted by molar-refractivity contribution is 6.99. The van der Waals surface area contributed by atoms with Crippen LogP contribution >= 0.6 is 0 Å². The van der Waals surface area contributed by atoms with Gasteiger partial charge in [0.15, 0.2) is 18.0 Å². The van der Waals surface area contributed by atoms with Crippen LogP contribution in [0.15, 0.2) is 60.7 Å². The van der Waals surface area contributed by atoms with Crippen LogP contribution in [0.4, 0.5) is 0 Å². The Morgan fingerprint density at radius 2 is 1.41 bits per heavy atom. The molecule has 2 aromatic rings. The van der Waals surface area contributed by atoms with Gasteiger partial charge in [0.05, 0.1) is 0 Å². The fraction of sp³-hybridized carbons (Fsp3) is 0.435. The van der Waals surface area contributed by atoms with Crippen LogP contribution in [-0.2, 0) is 23.4 Å². The lowest BCUT2D eigenvalue weighted by atomic mass is 10.2. The highest BCUT2D eigenvalue weighted by atomic mass is 28.4. The maximum absolute atomic E-state index is 12.5. The molecule has 154 valence electrons. The second-order valence-corrected chi connectivity index (χ2v) is 13.4. The normalized spacial score (nSPS) is 26.2. The van der Waals surface area contributed by atoms with E-state index >= 15 is 0 Å². The molecule has 0 aromatic heterocycles. The van der Waals surface area contributed by atoms with Crippen molar-refractivity contribution in [1.82, 2.24) is 0 Å². The van der Waals surface area contributed by atoms with Crippen LogP contribution in [0, 0.1) is 0 Å². The van der Waals surface area contributed by atoms with E-state index in [-0.39, 0.29) is 5.04 Å². The molecule has 6 heteroatoms. The zero-order chi connectivity index (χ0) is 20.9. The summed E-state index contributed by atoms with van der Waals surface area (Å²) in [7, 11) is -2.86. The predicted octanol–water partition coefficient (Wildman–Crippen LogP) is 2.97. The molecule has 0 spiro atoms. The summed E-state index contributed by atoms with van der Waals surface area (Å²) in [6.45, 7) is 10.2. The molecule has 3 atom stereocenters. The predicted molar refractivity (Wildman–Crippen MR) is 112 cm³/mol. The molecular formula is C23H28O5Si. The van der Waals surface area contributed by atoms with Gasteiger partial charge in [-0.15, -0.1) is 0 Å². The number of esters is 1. The lowest BCUT2D eigenvalue weighted by Gasteiger charge is -2.44. The Labute approximate surface area is 173 Å². The van der Waals surface area contributed by atoms with Crippen molar-refractivity contribution < 1.29 is 23.4 Å². The topological polar surface area (TPSA) is 54.0 Å². The zero-order valence-corrected chi connectivity index (χ0v) is 18.5. The monoisotopic (exact) mass is 412 g/mol. The summed E-state index contributed by atoms with van der Waals surface area (Å²) in [5, 5.41) is 2.02. The van der Waals surface area contributed by atoms with Gasteiger partial charge < -0.3 is 18.6 Å². The summed E-state index contributed by atoms with van der Waals surface area (Å²) < 4.78 is 24.3. The van der Waals surface area contributed by atoms with Crippen LogP contribution < -0.4 is 10.4 Å². The van der Waals surface area contributed by atoms with Gasteiger partial charge in [0.2, 0.25) is 6.29 Å². The van der Waals surface area contributed by atoms with Crippen molar-refractivity contribution in [3.8, 4) is 0 Å². The van der Waals surface area contributed by atoms with Gasteiger partial charge in [0, 0.05) is 0 Å². The van der Waals surface area contributed by atoms with E-state index in [9.17, 15) is 4.79 Å². The van der Waals surface area contributed by atoms with Crippen LogP contribution in [0.1, 0.15) is 34.6 Å². The molecule has 0 unspecified atom stereocenters. The summed E-state index contributed by atoms with van der Waals surface area (Å²) in [6, 6.07) is 20.5. The van der Waals surface area contributed by atoms with Gasteiger partial charge >= 0.3 is 5.97 Å². The minimum absolute atomic E-state index is 0.227. The first-order chi connectivity index (χ1) is 13.6. The quantitative estimate of drug-likeness (QED) is 0.571. The standard InChI is InChI=1S/C23H28O5Si/c1-22(2,3)29(16-12-8-6-9-13-16,17-14-10-7-11-15-17)28-21-19-18(20(24)25-21)26-23(4,5)27-19/h6-15,18-19,21H,1-5H3/t18-,19-,21+/m0/s1. The van der Waals surface area contributed by atoms with Gasteiger partial charge in [0.1, 0.15) is 0 Å². The number of rotatable bonds is 4. The number of fused-ring (bicyclic) bond motifs is 1. The van der Waals surface area contributed by atoms with Crippen molar-refractivity contribution in [3.63, 3.8) is 0 Å². The Morgan fingerprint density at radius 3 is 1.90 bits per heavy atom. The van der Waals surface area contributed by atoms with E-state index in [4.69, 9.17) is 18.6 Å². The maximum Gasteiger partial charge on any atom is 0.340 e. The fourth-order valence-corrected chi connectivity index (χ4v) is 8.92. The van der Waals surface area contributed by atoms with E-state index in [0.29, 0.717) is 0 Å². The van der Waals surface area contributed by atoms with Crippen LogP contribution in [0.2, 0.25) is 5.04 Å². The second kappa shape index (κ2) is 7.06. The number of ether oxygens (including phenoxy) is 3. The molecule has 2 aliphatic rings. The second-order valence-electron chi connectivity index (χ2n) is 9.11. The smallest absolute Gasteiger partial charge is 0.340 e. The molecule has 0 radical (unpaired) electrons. The van der Waals surface area contributed by atoms with E-state index in [0.717, 1.165) is 10.4 Å². The lowest BCUT2D eigenvalue weighted by molar-refractivity contribution is -0.206. The van der Waals surface area contributed by atoms with Gasteiger partial charge in [-0.1, -0.05) is 81.4 Å². The van der Waals surface area contributed by atoms with Gasteiger partial charge in [-0.3, -0.25) is 0 Å². The van der Waals surface area contributed by atoms with Crippen molar-refractivity contribution in [3.05, 3.63) is 60.7 Å². The fourth-order valence-electron chi connectivity index (χ4n) is 4.38. The van der Waals surface area contributed by atoms with E-state index in [1.807, 2.05) is 36.4 Å². The van der Waals surface area contributed by atoms with E-state index in [1.165, 1.54) is 0 Å². The molecule has 0 saturated carbocycles.